The maximum absolute atomic E-state index is 15.4. The Morgan fingerprint density at radius 1 is 0.274 bits per heavy atom. The Balaban J connectivity index is 0.000000257. The highest BCUT2D eigenvalue weighted by Gasteiger charge is 2.52. The van der Waals surface area contributed by atoms with Crippen molar-refractivity contribution in [1.82, 2.24) is 0 Å². The van der Waals surface area contributed by atoms with Gasteiger partial charge in [-0.25, -0.2) is 87.8 Å². The number of Topliss-reactive ketones (excluding diaryl/α,β-unsaturated/α-hetero) is 3. The number of unbranched alkanes of at least 4 members (excludes halogenated alkanes) is 3. The van der Waals surface area contributed by atoms with E-state index in [4.69, 9.17) is 0 Å². The molecule has 0 atom stereocenters. The highest BCUT2D eigenvalue weighted by Crippen LogP contribution is 2.40. The summed E-state index contributed by atoms with van der Waals surface area (Å²) >= 11 is 5.21. The van der Waals surface area contributed by atoms with Crippen molar-refractivity contribution in [3.8, 4) is 0 Å². The van der Waals surface area contributed by atoms with Crippen LogP contribution in [0.2, 0.25) is 0 Å². The standard InChI is InChI=1S/C54H57O3S4.C24BF20/c1-7-10-13-40-34-46(22-31-52(40)37(4)55)58-43-16-25-49(26-17-43)61(50-27-18-44(19-28-50)59-47-23-32-53(38(5)56)41(35-47)14-11-8-2)51-29-20-45(21-30-51)60-48-24-33-54(39(6)57)42(36-48)15-12-9-3;26-5-1(6(27)14(35)21(42)13(5)34)25(2-7(28)15(36)22(43)16(37)8(2)29,3-9(30)17(38)23(44)18(39)10(3)31)4-11(32)19(40)24(45)20(41)12(4)33/h16-36H,7-15H2,1-6H3;/q+1;-1. The van der Waals surface area contributed by atoms with Crippen molar-refractivity contribution in [2.75, 3.05) is 0 Å². The first-order valence-electron chi connectivity index (χ1n) is 32.5. The molecule has 10 aromatic carbocycles. The van der Waals surface area contributed by atoms with Crippen LogP contribution in [0.3, 0.4) is 0 Å². The van der Waals surface area contributed by atoms with Gasteiger partial charge in [0.05, 0.1) is 10.9 Å². The van der Waals surface area contributed by atoms with Crippen molar-refractivity contribution in [1.29, 1.82) is 0 Å². The number of halogens is 20. The minimum Gasteiger partial charge on any atom is -0.295 e. The molecular weight excluding hydrogens is 1500 g/mol. The molecule has 0 saturated carbocycles. The Morgan fingerprint density at radius 3 is 0.632 bits per heavy atom. The summed E-state index contributed by atoms with van der Waals surface area (Å²) in [7, 11) is -0.367. The second-order valence-electron chi connectivity index (χ2n) is 24.3. The molecule has 0 spiro atoms. The molecule has 0 aliphatic rings. The van der Waals surface area contributed by atoms with Crippen LogP contribution in [0.25, 0.3) is 0 Å². The number of rotatable bonds is 25. The third kappa shape index (κ3) is 16.3. The molecule has 3 nitrogen and oxygen atoms in total. The van der Waals surface area contributed by atoms with Crippen LogP contribution in [0, 0.1) is 116 Å². The Bertz CT molecular complexity index is 4390. The summed E-state index contributed by atoms with van der Waals surface area (Å²) in [5, 5.41) is 0. The van der Waals surface area contributed by atoms with Crippen LogP contribution in [-0.4, -0.2) is 23.5 Å². The SMILES string of the molecule is CCCCc1cc(Sc2ccc([S+](c3ccc(Sc4ccc(C(C)=O)c(CCCC)c4)cc3)c3ccc(Sc4ccc(C(C)=O)c(CCCC)c4)cc3)cc2)ccc1C(C)=O.Fc1c(F)c(F)c([B-](c2c(F)c(F)c(F)c(F)c2F)(c2c(F)c(F)c(F)c(F)c2F)c2c(F)c(F)c(F)c(F)c2F)c(F)c1F. The summed E-state index contributed by atoms with van der Waals surface area (Å²) < 4.78 is 294. The van der Waals surface area contributed by atoms with Gasteiger partial charge in [-0.1, -0.05) is 93.5 Å². The van der Waals surface area contributed by atoms with Crippen molar-refractivity contribution in [3.05, 3.63) is 277 Å². The molecule has 28 heteroatoms. The largest absolute Gasteiger partial charge is 0.295 e. The molecule has 0 fully saturated rings. The molecule has 0 bridgehead atoms. The van der Waals surface area contributed by atoms with E-state index in [9.17, 15) is 67.1 Å². The number of benzene rings is 10. The molecule has 0 radical (unpaired) electrons. The summed E-state index contributed by atoms with van der Waals surface area (Å²) in [5.74, 6) is -71.0. The van der Waals surface area contributed by atoms with Gasteiger partial charge < -0.3 is 0 Å². The predicted molar refractivity (Wildman–Crippen MR) is 368 cm³/mol. The van der Waals surface area contributed by atoms with Gasteiger partial charge in [-0.05, 0) is 185 Å². The van der Waals surface area contributed by atoms with E-state index < -0.39 is 144 Å². The summed E-state index contributed by atoms with van der Waals surface area (Å²) in [5.41, 5.74) is -8.44. The topological polar surface area (TPSA) is 51.2 Å². The van der Waals surface area contributed by atoms with E-state index in [1.807, 2.05) is 18.2 Å². The van der Waals surface area contributed by atoms with Crippen LogP contribution < -0.4 is 21.9 Å². The molecule has 10 aromatic rings. The smallest absolute Gasteiger partial charge is 0.200 e. The lowest BCUT2D eigenvalue weighted by Crippen LogP contribution is -2.81. The van der Waals surface area contributed by atoms with Gasteiger partial charge in [0.2, 0.25) is 0 Å². The van der Waals surface area contributed by atoms with Crippen molar-refractivity contribution < 1.29 is 102 Å². The normalized spacial score (nSPS) is 11.6. The molecule has 554 valence electrons. The Hall–Kier alpha value is -8.73. The summed E-state index contributed by atoms with van der Waals surface area (Å²) in [4.78, 5) is 47.7. The zero-order chi connectivity index (χ0) is 77.7. The first-order chi connectivity index (χ1) is 50.3. The van der Waals surface area contributed by atoms with Gasteiger partial charge >= 0.3 is 0 Å². The highest BCUT2D eigenvalue weighted by atomic mass is 32.2. The average molecular weight is 1560 g/mol. The van der Waals surface area contributed by atoms with Gasteiger partial charge in [0.1, 0.15) is 52.7 Å². The van der Waals surface area contributed by atoms with Crippen molar-refractivity contribution in [2.24, 2.45) is 0 Å². The van der Waals surface area contributed by atoms with E-state index >= 15 is 35.1 Å². The molecular formula is C78H57BF20O3S4. The highest BCUT2D eigenvalue weighted by molar-refractivity contribution is 8.00. The van der Waals surface area contributed by atoms with E-state index in [2.05, 4.69) is 130 Å². The monoisotopic (exact) mass is 1560 g/mol. The molecule has 0 saturated heterocycles. The maximum atomic E-state index is 15.4. The van der Waals surface area contributed by atoms with Gasteiger partial charge in [0.15, 0.2) is 102 Å². The van der Waals surface area contributed by atoms with Crippen LogP contribution in [-0.2, 0) is 30.2 Å². The van der Waals surface area contributed by atoms with Crippen LogP contribution in [0.5, 0.6) is 0 Å². The second kappa shape index (κ2) is 34.4. The third-order valence-electron chi connectivity index (χ3n) is 17.4. The number of hydrogen-bond acceptors (Lipinski definition) is 6. The lowest BCUT2D eigenvalue weighted by atomic mass is 9.12. The van der Waals surface area contributed by atoms with Gasteiger partial charge in [-0.2, -0.15) is 0 Å². The van der Waals surface area contributed by atoms with Gasteiger partial charge in [-0.15, -0.1) is 21.9 Å². The van der Waals surface area contributed by atoms with Crippen LogP contribution >= 0.6 is 35.3 Å². The predicted octanol–water partition coefficient (Wildman–Crippen LogP) is 21.7. The number of carbonyl (C=O) groups excluding carboxylic acids is 3. The minimum absolute atomic E-state index is 0.122. The van der Waals surface area contributed by atoms with Crippen molar-refractivity contribution in [2.45, 2.75) is 143 Å². The fourth-order valence-corrected chi connectivity index (χ4v) is 17.0. The van der Waals surface area contributed by atoms with E-state index in [0.29, 0.717) is 0 Å². The summed E-state index contributed by atoms with van der Waals surface area (Å²) in [6.07, 6.45) is 1.98. The molecule has 0 N–H and O–H groups in total. The molecule has 0 aromatic heterocycles. The number of ketones is 3. The van der Waals surface area contributed by atoms with Crippen molar-refractivity contribution >= 4 is 91.5 Å². The first kappa shape index (κ1) is 81.4. The van der Waals surface area contributed by atoms with E-state index in [0.717, 1.165) is 121 Å². The first-order valence-corrected chi connectivity index (χ1v) is 36.2. The molecule has 0 aliphatic carbocycles. The molecule has 0 amide bonds. The second-order valence-corrected chi connectivity index (χ2v) is 29.7. The van der Waals surface area contributed by atoms with Gasteiger partial charge in [0.25, 0.3) is 0 Å². The van der Waals surface area contributed by atoms with Crippen molar-refractivity contribution in [3.63, 3.8) is 0 Å². The average Bonchev–Trinajstić information content (AvgIpc) is 0.680. The zero-order valence-corrected chi connectivity index (χ0v) is 59.7. The maximum Gasteiger partial charge on any atom is 0.200 e. The lowest BCUT2D eigenvalue weighted by molar-refractivity contribution is 0.100. The molecule has 106 heavy (non-hydrogen) atoms. The summed E-state index contributed by atoms with van der Waals surface area (Å²) in [6, 6.07) is 45.7. The fraction of sp³-hybridized carbons (Fsp3) is 0.192. The van der Waals surface area contributed by atoms with Gasteiger partial charge in [-0.3, -0.25) is 14.4 Å². The quantitative estimate of drug-likeness (QED) is 0.0142. The van der Waals surface area contributed by atoms with Gasteiger partial charge in [0, 0.05) is 46.1 Å². The number of aryl methyl sites for hydroxylation is 3. The van der Waals surface area contributed by atoms with E-state index in [1.54, 1.807) is 56.1 Å². The summed E-state index contributed by atoms with van der Waals surface area (Å²) in [6.45, 7) is 11.5. The molecule has 10 rings (SSSR count). The number of hydrogen-bond donors (Lipinski definition) is 0. The Kier molecular flexibility index (Phi) is 26.4. The molecule has 0 aliphatic heterocycles. The fourth-order valence-electron chi connectivity index (χ4n) is 12.3. The number of carbonyl (C=O) groups is 3. The van der Waals surface area contributed by atoms with E-state index in [1.165, 1.54) is 14.7 Å². The van der Waals surface area contributed by atoms with Crippen LogP contribution in [0.15, 0.2) is 171 Å². The molecule has 0 heterocycles. The Labute approximate surface area is 610 Å². The lowest BCUT2D eigenvalue weighted by Gasteiger charge is -2.44. The minimum atomic E-state index is -7.22. The van der Waals surface area contributed by atoms with Crippen LogP contribution in [0.4, 0.5) is 87.8 Å². The van der Waals surface area contributed by atoms with Crippen LogP contribution in [0.1, 0.15) is 128 Å². The zero-order valence-electron chi connectivity index (χ0n) is 56.5. The Morgan fingerprint density at radius 2 is 0.453 bits per heavy atom. The van der Waals surface area contributed by atoms with E-state index in [-0.39, 0.29) is 28.2 Å². The molecule has 0 unspecified atom stereocenters. The third-order valence-corrected chi connectivity index (χ3v) is 22.6.